The second-order valence-corrected chi connectivity index (χ2v) is 6.66. The Morgan fingerprint density at radius 3 is 2.69 bits per heavy atom. The second kappa shape index (κ2) is 8.15. The molecule has 0 radical (unpaired) electrons. The Hall–Kier alpha value is -2.66. The Labute approximate surface area is 156 Å². The van der Waals surface area contributed by atoms with Crippen molar-refractivity contribution in [2.45, 2.75) is 32.2 Å². The number of amides is 1. The van der Waals surface area contributed by atoms with E-state index in [1.807, 2.05) is 37.3 Å². The highest BCUT2D eigenvalue weighted by Gasteiger charge is 2.10. The van der Waals surface area contributed by atoms with Gasteiger partial charge in [0, 0.05) is 17.9 Å². The maximum absolute atomic E-state index is 12.1. The molecular weight excluding hydrogens is 350 g/mol. The van der Waals surface area contributed by atoms with Crippen LogP contribution in [0.1, 0.15) is 37.2 Å². The molecule has 134 valence electrons. The average molecular weight is 370 g/mol. The van der Waals surface area contributed by atoms with Crippen LogP contribution in [0.25, 0.3) is 10.9 Å². The second-order valence-electron chi connectivity index (χ2n) is 6.22. The minimum Gasteiger partial charge on any atom is -0.350 e. The topological polar surface area (TPSA) is 74.8 Å². The molecular formula is C20H20ClN3O2. The molecule has 0 aliphatic heterocycles. The molecule has 2 N–H and O–H groups in total. The van der Waals surface area contributed by atoms with Gasteiger partial charge in [0.15, 0.2) is 0 Å². The van der Waals surface area contributed by atoms with Crippen molar-refractivity contribution < 1.29 is 4.79 Å². The number of fused-ring (bicyclic) bond motifs is 1. The van der Waals surface area contributed by atoms with Gasteiger partial charge in [0.05, 0.1) is 16.9 Å². The van der Waals surface area contributed by atoms with Gasteiger partial charge in [-0.2, -0.15) is 0 Å². The van der Waals surface area contributed by atoms with Gasteiger partial charge in [-0.05, 0) is 43.2 Å². The number of halogens is 1. The van der Waals surface area contributed by atoms with Crippen LogP contribution in [0.2, 0.25) is 5.02 Å². The van der Waals surface area contributed by atoms with E-state index in [1.165, 1.54) is 0 Å². The number of aromatic nitrogens is 2. The maximum atomic E-state index is 12.1. The molecule has 0 spiro atoms. The SMILES string of the molecule is C[C@H](NC(=O)CCCc1nc2ccccc2c(=O)[nH]1)c1ccc(Cl)cc1. The summed E-state index contributed by atoms with van der Waals surface area (Å²) in [5.41, 5.74) is 1.53. The van der Waals surface area contributed by atoms with Crippen LogP contribution in [0.4, 0.5) is 0 Å². The van der Waals surface area contributed by atoms with Crippen LogP contribution in [0.15, 0.2) is 53.3 Å². The Balaban J connectivity index is 1.53. The predicted molar refractivity (Wildman–Crippen MR) is 103 cm³/mol. The normalized spacial score (nSPS) is 12.1. The standard InChI is InChI=1S/C20H20ClN3O2/c1-13(14-9-11-15(21)12-10-14)22-19(25)8-4-7-18-23-17-6-3-2-5-16(17)20(26)24-18/h2-3,5-6,9-13H,4,7-8H2,1H3,(H,22,25)(H,23,24,26)/t13-/m0/s1. The van der Waals surface area contributed by atoms with Gasteiger partial charge in [0.2, 0.25) is 5.91 Å². The molecule has 5 nitrogen and oxygen atoms in total. The van der Waals surface area contributed by atoms with E-state index < -0.39 is 0 Å². The van der Waals surface area contributed by atoms with Crippen molar-refractivity contribution in [1.82, 2.24) is 15.3 Å². The van der Waals surface area contributed by atoms with E-state index in [4.69, 9.17) is 11.6 Å². The van der Waals surface area contributed by atoms with Crippen LogP contribution in [0.5, 0.6) is 0 Å². The molecule has 0 aliphatic carbocycles. The number of aromatic amines is 1. The summed E-state index contributed by atoms with van der Waals surface area (Å²) in [4.78, 5) is 31.4. The summed E-state index contributed by atoms with van der Waals surface area (Å²) in [6.45, 7) is 1.93. The summed E-state index contributed by atoms with van der Waals surface area (Å²) < 4.78 is 0. The third-order valence-corrected chi connectivity index (χ3v) is 4.48. The lowest BCUT2D eigenvalue weighted by atomic mass is 10.1. The largest absolute Gasteiger partial charge is 0.350 e. The van der Waals surface area contributed by atoms with Gasteiger partial charge < -0.3 is 10.3 Å². The Kier molecular flexibility index (Phi) is 5.68. The molecule has 3 rings (SSSR count). The molecule has 1 heterocycles. The van der Waals surface area contributed by atoms with Gasteiger partial charge in [0.1, 0.15) is 5.82 Å². The highest BCUT2D eigenvalue weighted by atomic mass is 35.5. The third-order valence-electron chi connectivity index (χ3n) is 4.23. The lowest BCUT2D eigenvalue weighted by Gasteiger charge is -2.14. The number of hydrogen-bond acceptors (Lipinski definition) is 3. The lowest BCUT2D eigenvalue weighted by molar-refractivity contribution is -0.121. The van der Waals surface area contributed by atoms with Gasteiger partial charge >= 0.3 is 0 Å². The van der Waals surface area contributed by atoms with Gasteiger partial charge in [-0.25, -0.2) is 4.98 Å². The summed E-state index contributed by atoms with van der Waals surface area (Å²) in [6, 6.07) is 14.6. The summed E-state index contributed by atoms with van der Waals surface area (Å²) >= 11 is 5.88. The van der Waals surface area contributed by atoms with Crippen molar-refractivity contribution >= 4 is 28.4 Å². The van der Waals surface area contributed by atoms with Crippen molar-refractivity contribution in [2.75, 3.05) is 0 Å². The van der Waals surface area contributed by atoms with Gasteiger partial charge in [-0.3, -0.25) is 9.59 Å². The molecule has 0 unspecified atom stereocenters. The zero-order chi connectivity index (χ0) is 18.5. The zero-order valence-electron chi connectivity index (χ0n) is 14.5. The van der Waals surface area contributed by atoms with E-state index >= 15 is 0 Å². The highest BCUT2D eigenvalue weighted by Crippen LogP contribution is 2.16. The Morgan fingerprint density at radius 1 is 1.19 bits per heavy atom. The first-order chi connectivity index (χ1) is 12.5. The summed E-state index contributed by atoms with van der Waals surface area (Å²) in [5, 5.41) is 4.21. The Morgan fingerprint density at radius 2 is 1.92 bits per heavy atom. The van der Waals surface area contributed by atoms with Crippen LogP contribution in [0.3, 0.4) is 0 Å². The number of carbonyl (C=O) groups is 1. The molecule has 1 aromatic heterocycles. The molecule has 1 atom stereocenters. The molecule has 2 aromatic carbocycles. The number of H-pyrrole nitrogens is 1. The minimum atomic E-state index is -0.147. The molecule has 26 heavy (non-hydrogen) atoms. The fraction of sp³-hybridized carbons (Fsp3) is 0.250. The number of nitrogens with zero attached hydrogens (tertiary/aromatic N) is 1. The van der Waals surface area contributed by atoms with Crippen LogP contribution in [-0.2, 0) is 11.2 Å². The van der Waals surface area contributed by atoms with Crippen molar-refractivity contribution in [2.24, 2.45) is 0 Å². The monoisotopic (exact) mass is 369 g/mol. The molecule has 0 aliphatic rings. The number of para-hydroxylation sites is 1. The van der Waals surface area contributed by atoms with Crippen LogP contribution in [-0.4, -0.2) is 15.9 Å². The predicted octanol–water partition coefficient (Wildman–Crippen LogP) is 3.78. The van der Waals surface area contributed by atoms with E-state index in [2.05, 4.69) is 15.3 Å². The first kappa shape index (κ1) is 18.1. The van der Waals surface area contributed by atoms with E-state index in [-0.39, 0.29) is 17.5 Å². The van der Waals surface area contributed by atoms with E-state index in [9.17, 15) is 9.59 Å². The molecule has 0 saturated carbocycles. The fourth-order valence-corrected chi connectivity index (χ4v) is 2.94. The van der Waals surface area contributed by atoms with E-state index in [1.54, 1.807) is 18.2 Å². The molecule has 1 amide bonds. The first-order valence-electron chi connectivity index (χ1n) is 8.55. The highest BCUT2D eigenvalue weighted by molar-refractivity contribution is 6.30. The van der Waals surface area contributed by atoms with E-state index in [0.717, 1.165) is 5.56 Å². The zero-order valence-corrected chi connectivity index (χ0v) is 15.2. The van der Waals surface area contributed by atoms with Crippen molar-refractivity contribution in [3.8, 4) is 0 Å². The minimum absolute atomic E-state index is 0.0319. The molecule has 0 bridgehead atoms. The molecule has 0 fully saturated rings. The van der Waals surface area contributed by atoms with Gasteiger partial charge in [-0.1, -0.05) is 35.9 Å². The van der Waals surface area contributed by atoms with Crippen LogP contribution in [0, 0.1) is 0 Å². The number of rotatable bonds is 6. The summed E-state index contributed by atoms with van der Waals surface area (Å²) in [6.07, 6.45) is 1.53. The first-order valence-corrected chi connectivity index (χ1v) is 8.93. The van der Waals surface area contributed by atoms with Crippen LogP contribution < -0.4 is 10.9 Å². The number of hydrogen-bond donors (Lipinski definition) is 2. The third kappa shape index (κ3) is 4.49. The van der Waals surface area contributed by atoms with Crippen molar-refractivity contribution in [3.05, 3.63) is 75.3 Å². The van der Waals surface area contributed by atoms with E-state index in [0.29, 0.717) is 41.0 Å². The van der Waals surface area contributed by atoms with Crippen molar-refractivity contribution in [3.63, 3.8) is 0 Å². The van der Waals surface area contributed by atoms with Gasteiger partial charge in [0.25, 0.3) is 5.56 Å². The summed E-state index contributed by atoms with van der Waals surface area (Å²) in [5.74, 6) is 0.572. The average Bonchev–Trinajstić information content (AvgIpc) is 2.62. The lowest BCUT2D eigenvalue weighted by Crippen LogP contribution is -2.26. The maximum Gasteiger partial charge on any atom is 0.258 e. The number of nitrogens with one attached hydrogen (secondary N) is 2. The van der Waals surface area contributed by atoms with Gasteiger partial charge in [-0.15, -0.1) is 0 Å². The molecule has 0 saturated heterocycles. The number of carbonyl (C=O) groups excluding carboxylic acids is 1. The van der Waals surface area contributed by atoms with Crippen LogP contribution >= 0.6 is 11.6 Å². The fourth-order valence-electron chi connectivity index (χ4n) is 2.82. The number of benzene rings is 2. The summed E-state index contributed by atoms with van der Waals surface area (Å²) in [7, 11) is 0. The van der Waals surface area contributed by atoms with Crippen molar-refractivity contribution in [1.29, 1.82) is 0 Å². The molecule has 3 aromatic rings. The Bertz CT molecular complexity index is 967. The quantitative estimate of drug-likeness (QED) is 0.694. The smallest absolute Gasteiger partial charge is 0.258 e. The number of aryl methyl sites for hydroxylation is 1. The molecule has 6 heteroatoms.